The van der Waals surface area contributed by atoms with E-state index in [-0.39, 0.29) is 0 Å². The van der Waals surface area contributed by atoms with Crippen molar-refractivity contribution in [1.82, 2.24) is 15.0 Å². The monoisotopic (exact) mass is 159 g/mol. The molecule has 1 aliphatic carbocycles. The summed E-state index contributed by atoms with van der Waals surface area (Å²) >= 11 is 0. The van der Waals surface area contributed by atoms with Crippen LogP contribution >= 0.6 is 0 Å². The molecule has 0 saturated heterocycles. The van der Waals surface area contributed by atoms with Gasteiger partial charge in [0.25, 0.3) is 0 Å². The first-order chi connectivity index (χ1) is 5.93. The first-order valence-electron chi connectivity index (χ1n) is 4.25. The van der Waals surface area contributed by atoms with Gasteiger partial charge in [-0.2, -0.15) is 15.0 Å². The Bertz CT molecular complexity index is 381. The van der Waals surface area contributed by atoms with Crippen LogP contribution in [-0.4, -0.2) is 15.0 Å². The van der Waals surface area contributed by atoms with Gasteiger partial charge in [0, 0.05) is 0 Å². The Hall–Kier alpha value is -1.38. The topological polar surface area (TPSA) is 30.7 Å². The first kappa shape index (κ1) is 6.17. The average Bonchev–Trinajstić information content (AvgIpc) is 2.85. The lowest BCUT2D eigenvalue weighted by atomic mass is 10.3. The fraction of sp³-hybridized carbons (Fsp3) is 0.333. The minimum atomic E-state index is 0.581. The zero-order valence-corrected chi connectivity index (χ0v) is 6.64. The van der Waals surface area contributed by atoms with E-state index in [9.17, 15) is 0 Å². The van der Waals surface area contributed by atoms with Crippen LogP contribution < -0.4 is 0 Å². The van der Waals surface area contributed by atoms with Crippen LogP contribution in [0.25, 0.3) is 11.0 Å². The Labute approximate surface area is 70.0 Å². The van der Waals surface area contributed by atoms with Gasteiger partial charge in [0.05, 0.1) is 6.04 Å². The normalized spacial score (nSPS) is 17.0. The Balaban J connectivity index is 2.23. The van der Waals surface area contributed by atoms with Gasteiger partial charge in [-0.25, -0.2) is 0 Å². The third-order valence-corrected chi connectivity index (χ3v) is 2.18. The highest BCUT2D eigenvalue weighted by molar-refractivity contribution is 5.72. The van der Waals surface area contributed by atoms with Gasteiger partial charge in [-0.05, 0) is 25.0 Å². The molecule has 12 heavy (non-hydrogen) atoms. The summed E-state index contributed by atoms with van der Waals surface area (Å²) in [5.74, 6) is 0. The van der Waals surface area contributed by atoms with Crippen LogP contribution in [0.2, 0.25) is 0 Å². The van der Waals surface area contributed by atoms with Crippen LogP contribution in [0.3, 0.4) is 0 Å². The van der Waals surface area contributed by atoms with E-state index in [4.69, 9.17) is 0 Å². The maximum atomic E-state index is 4.38. The molecule has 2 aromatic rings. The smallest absolute Gasteiger partial charge is 0.113 e. The van der Waals surface area contributed by atoms with Crippen LogP contribution in [0.5, 0.6) is 0 Å². The minimum absolute atomic E-state index is 0.581. The molecule has 0 aliphatic heterocycles. The zero-order valence-electron chi connectivity index (χ0n) is 6.64. The molecule has 0 bridgehead atoms. The van der Waals surface area contributed by atoms with Gasteiger partial charge in [0.1, 0.15) is 11.0 Å². The Morgan fingerprint density at radius 3 is 2.17 bits per heavy atom. The molecule has 3 rings (SSSR count). The van der Waals surface area contributed by atoms with E-state index in [1.165, 1.54) is 12.8 Å². The van der Waals surface area contributed by atoms with Gasteiger partial charge in [-0.1, -0.05) is 12.1 Å². The van der Waals surface area contributed by atoms with Crippen molar-refractivity contribution in [3.8, 4) is 0 Å². The summed E-state index contributed by atoms with van der Waals surface area (Å²) in [5.41, 5.74) is 2.01. The molecule has 1 heterocycles. The van der Waals surface area contributed by atoms with Gasteiger partial charge < -0.3 is 0 Å². The maximum Gasteiger partial charge on any atom is 0.113 e. The molecule has 0 radical (unpaired) electrons. The third-order valence-electron chi connectivity index (χ3n) is 2.18. The second-order valence-electron chi connectivity index (χ2n) is 3.24. The molecule has 0 spiro atoms. The van der Waals surface area contributed by atoms with Crippen LogP contribution in [0.15, 0.2) is 24.3 Å². The standard InChI is InChI=1S/C9H9N3/c1-2-4-9-8(3-1)10-12(11-9)7-5-6-7/h1-4,7H,5-6H2. The van der Waals surface area contributed by atoms with E-state index in [0.717, 1.165) is 11.0 Å². The van der Waals surface area contributed by atoms with Gasteiger partial charge >= 0.3 is 0 Å². The van der Waals surface area contributed by atoms with E-state index in [1.807, 2.05) is 29.1 Å². The summed E-state index contributed by atoms with van der Waals surface area (Å²) in [4.78, 5) is 1.85. The number of rotatable bonds is 1. The number of benzene rings is 1. The molecule has 0 amide bonds. The van der Waals surface area contributed by atoms with Crippen LogP contribution in [0.1, 0.15) is 18.9 Å². The summed E-state index contributed by atoms with van der Waals surface area (Å²) in [7, 11) is 0. The average molecular weight is 159 g/mol. The van der Waals surface area contributed by atoms with E-state index in [1.54, 1.807) is 0 Å². The number of nitrogens with zero attached hydrogens (tertiary/aromatic N) is 3. The van der Waals surface area contributed by atoms with E-state index < -0.39 is 0 Å². The number of hydrogen-bond donors (Lipinski definition) is 0. The van der Waals surface area contributed by atoms with Crippen molar-refractivity contribution in [2.24, 2.45) is 0 Å². The van der Waals surface area contributed by atoms with Crippen molar-refractivity contribution in [2.75, 3.05) is 0 Å². The van der Waals surface area contributed by atoms with Gasteiger partial charge in [0.15, 0.2) is 0 Å². The van der Waals surface area contributed by atoms with Crippen molar-refractivity contribution < 1.29 is 0 Å². The van der Waals surface area contributed by atoms with Crippen molar-refractivity contribution in [3.05, 3.63) is 24.3 Å². The van der Waals surface area contributed by atoms with Gasteiger partial charge in [-0.3, -0.25) is 0 Å². The number of fused-ring (bicyclic) bond motifs is 1. The summed E-state index contributed by atoms with van der Waals surface area (Å²) in [6.45, 7) is 0. The molecule has 1 saturated carbocycles. The van der Waals surface area contributed by atoms with Gasteiger partial charge in [-0.15, -0.1) is 0 Å². The minimum Gasteiger partial charge on any atom is -0.181 e. The molecule has 3 nitrogen and oxygen atoms in total. The second-order valence-corrected chi connectivity index (χ2v) is 3.24. The molecule has 3 heteroatoms. The van der Waals surface area contributed by atoms with Gasteiger partial charge in [0.2, 0.25) is 0 Å². The molecule has 60 valence electrons. The SMILES string of the molecule is c1ccc2nn(C3CC3)nc2c1. The van der Waals surface area contributed by atoms with E-state index in [0.29, 0.717) is 6.04 Å². The molecule has 0 unspecified atom stereocenters. The summed E-state index contributed by atoms with van der Waals surface area (Å²) in [6.07, 6.45) is 2.47. The molecule has 1 aromatic heterocycles. The molecular weight excluding hydrogens is 150 g/mol. The van der Waals surface area contributed by atoms with E-state index >= 15 is 0 Å². The fourth-order valence-corrected chi connectivity index (χ4v) is 1.35. The highest BCUT2D eigenvalue weighted by Crippen LogP contribution is 2.33. The summed E-state index contributed by atoms with van der Waals surface area (Å²) in [5, 5.41) is 8.76. The third kappa shape index (κ3) is 0.826. The molecule has 0 atom stereocenters. The molecule has 1 fully saturated rings. The first-order valence-corrected chi connectivity index (χ1v) is 4.25. The predicted molar refractivity (Wildman–Crippen MR) is 45.8 cm³/mol. The fourth-order valence-electron chi connectivity index (χ4n) is 1.35. The van der Waals surface area contributed by atoms with Crippen LogP contribution in [0, 0.1) is 0 Å². The van der Waals surface area contributed by atoms with Crippen molar-refractivity contribution in [2.45, 2.75) is 18.9 Å². The Morgan fingerprint density at radius 1 is 1.08 bits per heavy atom. The maximum absolute atomic E-state index is 4.38. The van der Waals surface area contributed by atoms with Crippen LogP contribution in [-0.2, 0) is 0 Å². The molecular formula is C9H9N3. The Kier molecular flexibility index (Phi) is 1.06. The predicted octanol–water partition coefficient (Wildman–Crippen LogP) is 1.77. The van der Waals surface area contributed by atoms with Crippen LogP contribution in [0.4, 0.5) is 0 Å². The summed E-state index contributed by atoms with van der Waals surface area (Å²) < 4.78 is 0. The number of hydrogen-bond acceptors (Lipinski definition) is 2. The largest absolute Gasteiger partial charge is 0.181 e. The lowest BCUT2D eigenvalue weighted by Crippen LogP contribution is -1.97. The van der Waals surface area contributed by atoms with Crippen molar-refractivity contribution in [3.63, 3.8) is 0 Å². The highest BCUT2D eigenvalue weighted by atomic mass is 15.5. The second kappa shape index (κ2) is 2.06. The highest BCUT2D eigenvalue weighted by Gasteiger charge is 2.25. The quantitative estimate of drug-likeness (QED) is 0.634. The van der Waals surface area contributed by atoms with Crippen molar-refractivity contribution in [1.29, 1.82) is 0 Å². The van der Waals surface area contributed by atoms with E-state index in [2.05, 4.69) is 10.2 Å². The molecule has 1 aromatic carbocycles. The molecule has 1 aliphatic rings. The van der Waals surface area contributed by atoms with Crippen molar-refractivity contribution >= 4 is 11.0 Å². The lowest BCUT2D eigenvalue weighted by molar-refractivity contribution is 0.562. The zero-order chi connectivity index (χ0) is 7.97. The molecule has 0 N–H and O–H groups in total. The summed E-state index contributed by atoms with van der Waals surface area (Å²) in [6, 6.07) is 8.57. The number of aromatic nitrogens is 3. The lowest BCUT2D eigenvalue weighted by Gasteiger charge is -1.89. The Morgan fingerprint density at radius 2 is 1.67 bits per heavy atom.